The van der Waals surface area contributed by atoms with Gasteiger partial charge in [-0.2, -0.15) is 0 Å². The van der Waals surface area contributed by atoms with Crippen LogP contribution in [0, 0.1) is 5.82 Å². The van der Waals surface area contributed by atoms with Crippen LogP contribution in [-0.4, -0.2) is 46.2 Å². The van der Waals surface area contributed by atoms with Crippen molar-refractivity contribution in [1.29, 1.82) is 0 Å². The third kappa shape index (κ3) is 6.77. The summed E-state index contributed by atoms with van der Waals surface area (Å²) in [6, 6.07) is 9.00. The van der Waals surface area contributed by atoms with Crippen molar-refractivity contribution in [2.45, 2.75) is 58.1 Å². The summed E-state index contributed by atoms with van der Waals surface area (Å²) in [5, 5.41) is 20.5. The van der Waals surface area contributed by atoms with E-state index in [2.05, 4.69) is 11.9 Å². The molecule has 7 nitrogen and oxygen atoms in total. The summed E-state index contributed by atoms with van der Waals surface area (Å²) in [7, 11) is 0. The van der Waals surface area contributed by atoms with Gasteiger partial charge in [0.15, 0.2) is 0 Å². The van der Waals surface area contributed by atoms with Gasteiger partial charge in [0.25, 0.3) is 5.91 Å². The summed E-state index contributed by atoms with van der Waals surface area (Å²) in [6.07, 6.45) is 1.67. The number of nitrogens with zero attached hydrogens (tertiary/aromatic N) is 1. The molecule has 0 fully saturated rings. The number of benzene rings is 2. The van der Waals surface area contributed by atoms with Crippen LogP contribution in [-0.2, 0) is 21.4 Å². The molecule has 2 aromatic rings. The molecule has 1 aliphatic rings. The molecule has 198 valence electrons. The van der Waals surface area contributed by atoms with E-state index >= 15 is 0 Å². The lowest BCUT2D eigenvalue weighted by Gasteiger charge is -2.36. The predicted octanol–water partition coefficient (Wildman–Crippen LogP) is 4.13. The molecule has 0 saturated carbocycles. The van der Waals surface area contributed by atoms with Gasteiger partial charge in [-0.1, -0.05) is 39.0 Å². The molecule has 0 radical (unpaired) electrons. The minimum Gasteiger partial charge on any atom is -0.596 e. The minimum absolute atomic E-state index is 0.0751. The molecule has 0 saturated heterocycles. The number of fused-ring (bicyclic) bond motifs is 1. The average molecular weight is 512 g/mol. The first-order valence-corrected chi connectivity index (χ1v) is 12.3. The molecule has 0 spiro atoms. The van der Waals surface area contributed by atoms with Crippen molar-refractivity contribution in [3.63, 3.8) is 0 Å². The van der Waals surface area contributed by atoms with Gasteiger partial charge in [0.1, 0.15) is 24.0 Å². The van der Waals surface area contributed by atoms with Crippen LogP contribution < -0.4 is 10.1 Å². The molecular formula is C29H36FN2O5+. The SMILES string of the molecule is C=CC(O)/C=C(\[OH2+])CC(=O)N1CCc2cc(OCC)ccc2C1C(=O)Nc1ccc(C(C)(C)C)c(F)c1. The summed E-state index contributed by atoms with van der Waals surface area (Å²) in [5.74, 6) is -0.730. The number of nitrogens with one attached hydrogen (secondary N) is 1. The second kappa shape index (κ2) is 11.6. The van der Waals surface area contributed by atoms with E-state index in [1.165, 1.54) is 23.1 Å². The van der Waals surface area contributed by atoms with Crippen molar-refractivity contribution in [2.24, 2.45) is 0 Å². The fourth-order valence-electron chi connectivity index (χ4n) is 4.42. The van der Waals surface area contributed by atoms with E-state index in [0.717, 1.165) is 5.56 Å². The third-order valence-corrected chi connectivity index (χ3v) is 6.22. The van der Waals surface area contributed by atoms with Gasteiger partial charge in [-0.25, -0.2) is 4.39 Å². The topological polar surface area (TPSA) is 102 Å². The van der Waals surface area contributed by atoms with Crippen LogP contribution in [0.2, 0.25) is 0 Å². The van der Waals surface area contributed by atoms with Crippen molar-refractivity contribution in [3.05, 3.63) is 83.4 Å². The van der Waals surface area contributed by atoms with Crippen LogP contribution in [0.15, 0.2) is 60.9 Å². The molecule has 2 amide bonds. The lowest BCUT2D eigenvalue weighted by molar-refractivity contribution is -0.139. The van der Waals surface area contributed by atoms with Crippen molar-refractivity contribution in [3.8, 4) is 5.75 Å². The van der Waals surface area contributed by atoms with Gasteiger partial charge in [-0.3, -0.25) is 9.59 Å². The first-order chi connectivity index (χ1) is 17.4. The lowest BCUT2D eigenvalue weighted by Crippen LogP contribution is -2.45. The lowest BCUT2D eigenvalue weighted by atomic mass is 9.86. The molecule has 37 heavy (non-hydrogen) atoms. The first kappa shape index (κ1) is 27.9. The maximum Gasteiger partial charge on any atom is 0.251 e. The number of aliphatic hydroxyl groups is 1. The Balaban J connectivity index is 1.94. The van der Waals surface area contributed by atoms with E-state index in [4.69, 9.17) is 9.84 Å². The highest BCUT2D eigenvalue weighted by molar-refractivity contribution is 5.98. The maximum atomic E-state index is 14.8. The Morgan fingerprint density at radius 2 is 2.03 bits per heavy atom. The van der Waals surface area contributed by atoms with Crippen molar-refractivity contribution < 1.29 is 28.9 Å². The van der Waals surface area contributed by atoms with Crippen LogP contribution in [0.4, 0.5) is 10.1 Å². The largest absolute Gasteiger partial charge is 0.596 e. The van der Waals surface area contributed by atoms with Gasteiger partial charge in [0.2, 0.25) is 11.7 Å². The molecule has 0 aliphatic carbocycles. The van der Waals surface area contributed by atoms with Gasteiger partial charge in [-0.05, 0) is 59.7 Å². The summed E-state index contributed by atoms with van der Waals surface area (Å²) in [5.41, 5.74) is 1.96. The quantitative estimate of drug-likeness (QED) is 0.316. The maximum absolute atomic E-state index is 14.8. The number of amides is 2. The fraction of sp³-hybridized carbons (Fsp3) is 0.379. The standard InChI is InChI=1S/C29H35FN2O5/c1-6-20(33)16-21(34)17-26(35)32-13-12-18-14-22(37-7-2)9-10-23(18)27(32)28(36)31-19-8-11-24(25(30)15-19)29(3,4)5/h6,8-11,14-16,20,27,33-34H,1,7,12-13,17H2,2-5H3,(H,31,36)/p+1/b21-16-. The summed E-state index contributed by atoms with van der Waals surface area (Å²) < 4.78 is 20.4. The highest BCUT2D eigenvalue weighted by atomic mass is 19.1. The number of ether oxygens (including phenoxy) is 1. The molecule has 2 aromatic carbocycles. The molecular weight excluding hydrogens is 475 g/mol. The monoisotopic (exact) mass is 511 g/mol. The molecule has 3 rings (SSSR count). The van der Waals surface area contributed by atoms with Crippen LogP contribution >= 0.6 is 0 Å². The number of anilines is 1. The van der Waals surface area contributed by atoms with E-state index in [1.807, 2.05) is 33.8 Å². The normalized spacial score (nSPS) is 16.5. The highest BCUT2D eigenvalue weighted by Gasteiger charge is 2.37. The molecule has 4 N–H and O–H groups in total. The van der Waals surface area contributed by atoms with Crippen molar-refractivity contribution in [2.75, 3.05) is 18.5 Å². The Morgan fingerprint density at radius 3 is 2.65 bits per heavy atom. The summed E-state index contributed by atoms with van der Waals surface area (Å²) >= 11 is 0. The number of hydrogen-bond acceptors (Lipinski definition) is 4. The van der Waals surface area contributed by atoms with Crippen LogP contribution in [0.25, 0.3) is 0 Å². The zero-order valence-electron chi connectivity index (χ0n) is 21.8. The van der Waals surface area contributed by atoms with Crippen LogP contribution in [0.3, 0.4) is 0 Å². The zero-order valence-corrected chi connectivity index (χ0v) is 21.8. The summed E-state index contributed by atoms with van der Waals surface area (Å²) in [6.45, 7) is 11.8. The molecule has 1 heterocycles. The molecule has 1 aliphatic heterocycles. The molecule has 0 bridgehead atoms. The van der Waals surface area contributed by atoms with Crippen molar-refractivity contribution in [1.82, 2.24) is 4.90 Å². The number of halogens is 1. The second-order valence-corrected chi connectivity index (χ2v) is 10.1. The third-order valence-electron chi connectivity index (χ3n) is 6.22. The van der Waals surface area contributed by atoms with Gasteiger partial charge in [0, 0.05) is 18.3 Å². The number of hydrogen-bond donors (Lipinski definition) is 2. The van der Waals surface area contributed by atoms with E-state index in [-0.39, 0.29) is 24.4 Å². The van der Waals surface area contributed by atoms with E-state index in [1.54, 1.807) is 24.3 Å². The number of rotatable bonds is 8. The predicted molar refractivity (Wildman–Crippen MR) is 142 cm³/mol. The summed E-state index contributed by atoms with van der Waals surface area (Å²) in [4.78, 5) is 28.2. The zero-order chi connectivity index (χ0) is 27.3. The Morgan fingerprint density at radius 1 is 1.30 bits per heavy atom. The molecule has 2 unspecified atom stereocenters. The second-order valence-electron chi connectivity index (χ2n) is 10.1. The van der Waals surface area contributed by atoms with Crippen molar-refractivity contribution >= 4 is 17.5 Å². The Bertz CT molecular complexity index is 1200. The fourth-order valence-corrected chi connectivity index (χ4v) is 4.42. The average Bonchev–Trinajstić information content (AvgIpc) is 2.82. The molecule has 8 heteroatoms. The van der Waals surface area contributed by atoms with Gasteiger partial charge >= 0.3 is 0 Å². The highest BCUT2D eigenvalue weighted by Crippen LogP contribution is 2.34. The van der Waals surface area contributed by atoms with E-state index in [0.29, 0.717) is 29.9 Å². The molecule has 0 aromatic heterocycles. The minimum atomic E-state index is -1.04. The number of aliphatic hydroxyl groups excluding tert-OH is 1. The number of carbonyl (C=O) groups is 2. The van der Waals surface area contributed by atoms with Gasteiger partial charge < -0.3 is 25.2 Å². The first-order valence-electron chi connectivity index (χ1n) is 12.3. The van der Waals surface area contributed by atoms with E-state index < -0.39 is 35.2 Å². The molecule has 2 atom stereocenters. The Hall–Kier alpha value is -3.65. The van der Waals surface area contributed by atoms with Crippen LogP contribution in [0.5, 0.6) is 5.75 Å². The Kier molecular flexibility index (Phi) is 8.76. The van der Waals surface area contributed by atoms with Crippen LogP contribution in [0.1, 0.15) is 56.8 Å². The number of carbonyl (C=O) groups excluding carboxylic acids is 2. The van der Waals surface area contributed by atoms with Gasteiger partial charge in [-0.15, -0.1) is 6.58 Å². The van der Waals surface area contributed by atoms with E-state index in [9.17, 15) is 19.1 Å². The van der Waals surface area contributed by atoms with Gasteiger partial charge in [0.05, 0.1) is 12.7 Å². The Labute approximate surface area is 217 Å². The smallest absolute Gasteiger partial charge is 0.251 e.